The van der Waals surface area contributed by atoms with E-state index in [1.54, 1.807) is 6.20 Å². The molecule has 4 nitrogen and oxygen atoms in total. The van der Waals surface area contributed by atoms with Gasteiger partial charge in [-0.05, 0) is 36.5 Å². The quantitative estimate of drug-likeness (QED) is 0.782. The standard InChI is InChI=1S/C12H15N3O/c16-12(15-10-6-13-7-10)11-5-9(3-4-14-11)8-1-2-8/h3-5,8,10,13H,1-2,6-7H2,(H,15,16). The molecule has 1 aromatic rings. The van der Waals surface area contributed by atoms with Gasteiger partial charge in [-0.3, -0.25) is 9.78 Å². The predicted octanol–water partition coefficient (Wildman–Crippen LogP) is 0.661. The summed E-state index contributed by atoms with van der Waals surface area (Å²) in [6.45, 7) is 1.74. The van der Waals surface area contributed by atoms with E-state index < -0.39 is 0 Å². The minimum absolute atomic E-state index is 0.0472. The highest BCUT2D eigenvalue weighted by atomic mass is 16.2. The van der Waals surface area contributed by atoms with Gasteiger partial charge in [0.15, 0.2) is 0 Å². The maximum Gasteiger partial charge on any atom is 0.270 e. The lowest BCUT2D eigenvalue weighted by molar-refractivity contribution is 0.0918. The maximum atomic E-state index is 11.8. The van der Waals surface area contributed by atoms with Crippen molar-refractivity contribution in [2.75, 3.05) is 13.1 Å². The molecule has 1 amide bonds. The van der Waals surface area contributed by atoms with Crippen LogP contribution in [0.5, 0.6) is 0 Å². The topological polar surface area (TPSA) is 54.0 Å². The van der Waals surface area contributed by atoms with Gasteiger partial charge in [0.2, 0.25) is 0 Å². The second kappa shape index (κ2) is 3.87. The number of nitrogens with zero attached hydrogens (tertiary/aromatic N) is 1. The molecule has 1 aliphatic heterocycles. The van der Waals surface area contributed by atoms with Gasteiger partial charge in [0, 0.05) is 19.3 Å². The molecule has 1 aromatic heterocycles. The summed E-state index contributed by atoms with van der Waals surface area (Å²) >= 11 is 0. The molecule has 0 bridgehead atoms. The number of nitrogens with one attached hydrogen (secondary N) is 2. The number of amides is 1. The van der Waals surface area contributed by atoms with E-state index in [2.05, 4.69) is 15.6 Å². The lowest BCUT2D eigenvalue weighted by atomic mass is 10.1. The van der Waals surface area contributed by atoms with E-state index in [0.29, 0.717) is 11.6 Å². The van der Waals surface area contributed by atoms with E-state index in [0.717, 1.165) is 13.1 Å². The molecule has 0 radical (unpaired) electrons. The van der Waals surface area contributed by atoms with E-state index in [1.165, 1.54) is 18.4 Å². The molecule has 3 rings (SSSR count). The molecule has 2 aliphatic rings. The molecule has 0 spiro atoms. The van der Waals surface area contributed by atoms with Gasteiger partial charge in [-0.1, -0.05) is 0 Å². The second-order valence-electron chi connectivity index (χ2n) is 4.58. The molecule has 2 N–H and O–H groups in total. The minimum atomic E-state index is -0.0472. The van der Waals surface area contributed by atoms with Crippen molar-refractivity contribution < 1.29 is 4.79 Å². The normalized spacial score (nSPS) is 20.2. The molecule has 1 aliphatic carbocycles. The monoisotopic (exact) mass is 217 g/mol. The summed E-state index contributed by atoms with van der Waals surface area (Å²) in [5, 5.41) is 6.08. The fourth-order valence-corrected chi connectivity index (χ4v) is 1.89. The van der Waals surface area contributed by atoms with Crippen molar-refractivity contribution in [2.24, 2.45) is 0 Å². The summed E-state index contributed by atoms with van der Waals surface area (Å²) in [7, 11) is 0. The first-order chi connectivity index (χ1) is 7.83. The second-order valence-corrected chi connectivity index (χ2v) is 4.58. The van der Waals surface area contributed by atoms with Crippen LogP contribution in [-0.4, -0.2) is 30.0 Å². The van der Waals surface area contributed by atoms with Crippen molar-refractivity contribution in [1.29, 1.82) is 0 Å². The van der Waals surface area contributed by atoms with Crippen LogP contribution in [0.25, 0.3) is 0 Å². The third kappa shape index (κ3) is 1.93. The summed E-state index contributed by atoms with van der Waals surface area (Å²) in [6, 6.07) is 4.22. The molecule has 16 heavy (non-hydrogen) atoms. The van der Waals surface area contributed by atoms with Gasteiger partial charge in [0.05, 0.1) is 6.04 Å². The highest BCUT2D eigenvalue weighted by Crippen LogP contribution is 2.39. The number of aromatic nitrogens is 1. The van der Waals surface area contributed by atoms with Crippen LogP contribution in [-0.2, 0) is 0 Å². The van der Waals surface area contributed by atoms with Crippen molar-refractivity contribution in [2.45, 2.75) is 24.8 Å². The average Bonchev–Trinajstić information content (AvgIpc) is 3.07. The van der Waals surface area contributed by atoms with Gasteiger partial charge in [0.25, 0.3) is 5.91 Å². The minimum Gasteiger partial charge on any atom is -0.345 e. The van der Waals surface area contributed by atoms with Gasteiger partial charge in [0.1, 0.15) is 5.69 Å². The van der Waals surface area contributed by atoms with E-state index >= 15 is 0 Å². The van der Waals surface area contributed by atoms with E-state index in [-0.39, 0.29) is 11.9 Å². The average molecular weight is 217 g/mol. The van der Waals surface area contributed by atoms with E-state index in [9.17, 15) is 4.79 Å². The molecular formula is C12H15N3O. The Bertz CT molecular complexity index is 410. The number of pyridine rings is 1. The molecular weight excluding hydrogens is 202 g/mol. The van der Waals surface area contributed by atoms with Crippen molar-refractivity contribution in [1.82, 2.24) is 15.6 Å². The van der Waals surface area contributed by atoms with Gasteiger partial charge in [-0.25, -0.2) is 0 Å². The number of rotatable bonds is 3. The van der Waals surface area contributed by atoms with E-state index in [4.69, 9.17) is 0 Å². The Kier molecular flexibility index (Phi) is 2.36. The molecule has 4 heteroatoms. The third-order valence-corrected chi connectivity index (χ3v) is 3.18. The van der Waals surface area contributed by atoms with E-state index in [1.807, 2.05) is 12.1 Å². The van der Waals surface area contributed by atoms with Crippen molar-refractivity contribution in [3.8, 4) is 0 Å². The molecule has 1 saturated carbocycles. The number of hydrogen-bond acceptors (Lipinski definition) is 3. The van der Waals surface area contributed by atoms with Crippen molar-refractivity contribution >= 4 is 5.91 Å². The first-order valence-corrected chi connectivity index (χ1v) is 5.80. The zero-order valence-electron chi connectivity index (χ0n) is 9.07. The smallest absolute Gasteiger partial charge is 0.270 e. The number of hydrogen-bond donors (Lipinski definition) is 2. The summed E-state index contributed by atoms with van der Waals surface area (Å²) < 4.78 is 0. The van der Waals surface area contributed by atoms with Gasteiger partial charge in [-0.2, -0.15) is 0 Å². The van der Waals surface area contributed by atoms with Crippen LogP contribution in [0.2, 0.25) is 0 Å². The first-order valence-electron chi connectivity index (χ1n) is 5.80. The SMILES string of the molecule is O=C(NC1CNC1)c1cc(C2CC2)ccn1. The fraction of sp³-hybridized carbons (Fsp3) is 0.500. The zero-order chi connectivity index (χ0) is 11.0. The lowest BCUT2D eigenvalue weighted by Gasteiger charge is -2.27. The zero-order valence-corrected chi connectivity index (χ0v) is 9.07. The Hall–Kier alpha value is -1.42. The highest BCUT2D eigenvalue weighted by molar-refractivity contribution is 5.92. The number of carbonyl (C=O) groups is 1. The fourth-order valence-electron chi connectivity index (χ4n) is 1.89. The molecule has 0 atom stereocenters. The maximum absolute atomic E-state index is 11.8. The summed E-state index contributed by atoms with van der Waals surface area (Å²) in [5.74, 6) is 0.619. The predicted molar refractivity (Wildman–Crippen MR) is 60.3 cm³/mol. The largest absolute Gasteiger partial charge is 0.345 e. The summed E-state index contributed by atoms with van der Waals surface area (Å²) in [6.07, 6.45) is 4.23. The van der Waals surface area contributed by atoms with Crippen LogP contribution >= 0.6 is 0 Å². The Labute approximate surface area is 94.5 Å². The van der Waals surface area contributed by atoms with Crippen LogP contribution in [0, 0.1) is 0 Å². The van der Waals surface area contributed by atoms with Gasteiger partial charge in [-0.15, -0.1) is 0 Å². The third-order valence-electron chi connectivity index (χ3n) is 3.18. The van der Waals surface area contributed by atoms with Gasteiger partial charge >= 0.3 is 0 Å². The van der Waals surface area contributed by atoms with Crippen LogP contribution in [0.3, 0.4) is 0 Å². The molecule has 1 saturated heterocycles. The van der Waals surface area contributed by atoms with Crippen LogP contribution in [0.4, 0.5) is 0 Å². The van der Waals surface area contributed by atoms with Gasteiger partial charge < -0.3 is 10.6 Å². The molecule has 2 fully saturated rings. The van der Waals surface area contributed by atoms with Crippen molar-refractivity contribution in [3.05, 3.63) is 29.6 Å². The van der Waals surface area contributed by atoms with Crippen LogP contribution in [0.1, 0.15) is 34.8 Å². The molecule has 84 valence electrons. The Morgan fingerprint density at radius 3 is 2.88 bits per heavy atom. The molecule has 0 aromatic carbocycles. The summed E-state index contributed by atoms with van der Waals surface area (Å²) in [5.41, 5.74) is 1.81. The lowest BCUT2D eigenvalue weighted by Crippen LogP contribution is -2.57. The van der Waals surface area contributed by atoms with Crippen molar-refractivity contribution in [3.63, 3.8) is 0 Å². The first kappa shape index (κ1) is 9.78. The Morgan fingerprint density at radius 2 is 2.25 bits per heavy atom. The molecule has 0 unspecified atom stereocenters. The van der Waals surface area contributed by atoms with Crippen LogP contribution in [0.15, 0.2) is 18.3 Å². The Morgan fingerprint density at radius 1 is 1.44 bits per heavy atom. The highest BCUT2D eigenvalue weighted by Gasteiger charge is 2.25. The van der Waals surface area contributed by atoms with Crippen LogP contribution < -0.4 is 10.6 Å². The molecule has 2 heterocycles. The Balaban J connectivity index is 1.71. The number of carbonyl (C=O) groups excluding carboxylic acids is 1. The summed E-state index contributed by atoms with van der Waals surface area (Å²) in [4.78, 5) is 16.0.